The third-order valence-electron chi connectivity index (χ3n) is 8.46. The van der Waals surface area contributed by atoms with Gasteiger partial charge in [-0.3, -0.25) is 0 Å². The molecule has 2 aliphatic rings. The summed E-state index contributed by atoms with van der Waals surface area (Å²) in [5.74, 6) is 0. The lowest BCUT2D eigenvalue weighted by molar-refractivity contribution is 0.414. The van der Waals surface area contributed by atoms with E-state index in [0.717, 1.165) is 48.4 Å². The van der Waals surface area contributed by atoms with E-state index in [9.17, 15) is 0 Å². The van der Waals surface area contributed by atoms with Crippen molar-refractivity contribution in [3.8, 4) is 11.1 Å². The Labute approximate surface area is 281 Å². The Morgan fingerprint density at radius 1 is 0.652 bits per heavy atom. The van der Waals surface area contributed by atoms with Gasteiger partial charge < -0.3 is 16.4 Å². The van der Waals surface area contributed by atoms with Gasteiger partial charge in [-0.15, -0.1) is 0 Å². The maximum atomic E-state index is 6.91. The number of hydrogen-bond donors (Lipinski definition) is 3. The van der Waals surface area contributed by atoms with Gasteiger partial charge in [-0.25, -0.2) is 0 Å². The Morgan fingerprint density at radius 2 is 1.24 bits per heavy atom. The Balaban J connectivity index is 0.000000531. The van der Waals surface area contributed by atoms with Crippen molar-refractivity contribution in [2.75, 3.05) is 10.6 Å². The second-order valence-electron chi connectivity index (χ2n) is 11.1. The average molecular weight is 618 g/mol. The maximum Gasteiger partial charge on any atom is 0.0706 e. The predicted molar refractivity (Wildman–Crippen MR) is 207 cm³/mol. The first-order valence-corrected chi connectivity index (χ1v) is 17.1. The fourth-order valence-corrected chi connectivity index (χ4v) is 5.77. The Morgan fingerprint density at radius 3 is 1.80 bits per heavy atom. The van der Waals surface area contributed by atoms with Crippen LogP contribution in [-0.2, 0) is 18.4 Å². The molecule has 1 aliphatic carbocycles. The standard InChI is InChI=1S/C31H33N3.C7H10.2C2H6.CH4/c1-3-31(32,4-2)26-15-9-8-14-24(26)25-21-20-23(19-18-22-12-6-5-7-13-22)29-30(25)34-28-17-11-10-16-27(28)33-29;1-7-5-3-2-4-6-7;2*1-2;/h5-17,20-21,33-34H,3-4,18-19,32H2,1-2H3;3,5-6H,2,4H2,1H3;2*1-2H3;1H4. The fourth-order valence-electron chi connectivity index (χ4n) is 5.77. The van der Waals surface area contributed by atoms with Crippen LogP contribution in [0.4, 0.5) is 22.7 Å². The summed E-state index contributed by atoms with van der Waals surface area (Å²) in [7, 11) is 0. The summed E-state index contributed by atoms with van der Waals surface area (Å²) < 4.78 is 0. The Hall–Kier alpha value is -4.08. The second kappa shape index (κ2) is 19.4. The van der Waals surface area contributed by atoms with Crippen LogP contribution in [0.2, 0.25) is 0 Å². The summed E-state index contributed by atoms with van der Waals surface area (Å²) >= 11 is 0. The van der Waals surface area contributed by atoms with Crippen LogP contribution in [0, 0.1) is 0 Å². The number of fused-ring (bicyclic) bond motifs is 2. The minimum absolute atomic E-state index is 0. The van der Waals surface area contributed by atoms with Crippen molar-refractivity contribution in [3.05, 3.63) is 131 Å². The smallest absolute Gasteiger partial charge is 0.0706 e. The van der Waals surface area contributed by atoms with Crippen molar-refractivity contribution in [2.24, 2.45) is 5.73 Å². The molecule has 4 N–H and O–H groups in total. The van der Waals surface area contributed by atoms with Crippen LogP contribution in [0.25, 0.3) is 11.1 Å². The van der Waals surface area contributed by atoms with Gasteiger partial charge in [-0.1, -0.05) is 152 Å². The molecule has 3 nitrogen and oxygen atoms in total. The summed E-state index contributed by atoms with van der Waals surface area (Å²) in [5.41, 5.74) is 18.7. The van der Waals surface area contributed by atoms with E-state index in [0.29, 0.717) is 0 Å². The molecule has 0 spiro atoms. The normalized spacial score (nSPS) is 12.3. The summed E-state index contributed by atoms with van der Waals surface area (Å²) in [6, 6.07) is 32.3. The van der Waals surface area contributed by atoms with Crippen molar-refractivity contribution in [1.82, 2.24) is 0 Å². The number of rotatable bonds is 7. The minimum Gasteiger partial charge on any atom is -0.352 e. The minimum atomic E-state index is -0.352. The Bertz CT molecular complexity index is 1530. The lowest BCUT2D eigenvalue weighted by Crippen LogP contribution is -2.35. The van der Waals surface area contributed by atoms with Crippen LogP contribution in [-0.4, -0.2) is 0 Å². The van der Waals surface area contributed by atoms with Crippen molar-refractivity contribution in [3.63, 3.8) is 0 Å². The largest absolute Gasteiger partial charge is 0.352 e. The molecule has 0 saturated heterocycles. The third kappa shape index (κ3) is 9.47. The van der Waals surface area contributed by atoms with Gasteiger partial charge in [0.15, 0.2) is 0 Å². The van der Waals surface area contributed by atoms with Crippen LogP contribution in [0.1, 0.15) is 98.3 Å². The summed E-state index contributed by atoms with van der Waals surface area (Å²) in [6.45, 7) is 14.5. The molecule has 0 fully saturated rings. The number of hydrogen-bond acceptors (Lipinski definition) is 3. The van der Waals surface area contributed by atoms with E-state index in [2.05, 4.69) is 141 Å². The van der Waals surface area contributed by atoms with Gasteiger partial charge in [0.05, 0.1) is 22.7 Å². The molecule has 0 amide bonds. The first kappa shape index (κ1) is 38.1. The van der Waals surface area contributed by atoms with Crippen LogP contribution >= 0.6 is 0 Å². The monoisotopic (exact) mass is 617 g/mol. The quantitative estimate of drug-likeness (QED) is 0.170. The van der Waals surface area contributed by atoms with Gasteiger partial charge in [0, 0.05) is 11.1 Å². The molecule has 0 aromatic heterocycles. The van der Waals surface area contributed by atoms with Crippen LogP contribution in [0.5, 0.6) is 0 Å². The number of para-hydroxylation sites is 2. The van der Waals surface area contributed by atoms with E-state index >= 15 is 0 Å². The molecular formula is C43H59N3. The number of nitrogens with one attached hydrogen (secondary N) is 2. The molecule has 4 aromatic rings. The highest BCUT2D eigenvalue weighted by molar-refractivity contribution is 5.99. The Kier molecular flexibility index (Phi) is 16.1. The van der Waals surface area contributed by atoms with Crippen molar-refractivity contribution < 1.29 is 0 Å². The highest BCUT2D eigenvalue weighted by atomic mass is 15.0. The lowest BCUT2D eigenvalue weighted by Gasteiger charge is -2.32. The zero-order valence-electron chi connectivity index (χ0n) is 28.7. The van der Waals surface area contributed by atoms with E-state index in [1.165, 1.54) is 46.2 Å². The van der Waals surface area contributed by atoms with Gasteiger partial charge in [-0.2, -0.15) is 0 Å². The molecular weight excluding hydrogens is 558 g/mol. The van der Waals surface area contributed by atoms with Crippen LogP contribution in [0.15, 0.2) is 115 Å². The zero-order valence-corrected chi connectivity index (χ0v) is 28.7. The topological polar surface area (TPSA) is 50.1 Å². The van der Waals surface area contributed by atoms with Gasteiger partial charge in [-0.05, 0) is 79.8 Å². The highest BCUT2D eigenvalue weighted by Crippen LogP contribution is 2.47. The predicted octanol–water partition coefficient (Wildman–Crippen LogP) is 12.9. The third-order valence-corrected chi connectivity index (χ3v) is 8.46. The molecule has 46 heavy (non-hydrogen) atoms. The molecule has 3 heteroatoms. The van der Waals surface area contributed by atoms with E-state index in [1.807, 2.05) is 27.7 Å². The number of aryl methyl sites for hydroxylation is 2. The number of nitrogens with two attached hydrogens (primary N) is 1. The molecule has 0 unspecified atom stereocenters. The molecule has 0 atom stereocenters. The summed E-state index contributed by atoms with van der Waals surface area (Å²) in [5, 5.41) is 7.51. The van der Waals surface area contributed by atoms with E-state index in [1.54, 1.807) is 0 Å². The zero-order chi connectivity index (χ0) is 32.7. The number of benzene rings is 4. The maximum absolute atomic E-state index is 6.91. The first-order chi connectivity index (χ1) is 22.0. The van der Waals surface area contributed by atoms with Gasteiger partial charge >= 0.3 is 0 Å². The molecule has 1 heterocycles. The molecule has 246 valence electrons. The van der Waals surface area contributed by atoms with Gasteiger partial charge in [0.25, 0.3) is 0 Å². The van der Waals surface area contributed by atoms with Crippen LogP contribution < -0.4 is 16.4 Å². The molecule has 0 saturated carbocycles. The summed E-state index contributed by atoms with van der Waals surface area (Å²) in [4.78, 5) is 0. The van der Waals surface area contributed by atoms with Crippen LogP contribution in [0.3, 0.4) is 0 Å². The number of allylic oxidation sites excluding steroid dienone is 4. The number of anilines is 4. The summed E-state index contributed by atoms with van der Waals surface area (Å²) in [6.07, 6.45) is 12.9. The lowest BCUT2D eigenvalue weighted by atomic mass is 9.80. The van der Waals surface area contributed by atoms with Crippen molar-refractivity contribution in [1.29, 1.82) is 0 Å². The fraction of sp³-hybridized carbons (Fsp3) is 0.349. The highest BCUT2D eigenvalue weighted by Gasteiger charge is 2.28. The molecule has 1 aliphatic heterocycles. The van der Waals surface area contributed by atoms with Gasteiger partial charge in [0.1, 0.15) is 0 Å². The molecule has 0 bridgehead atoms. The van der Waals surface area contributed by atoms with E-state index in [4.69, 9.17) is 5.73 Å². The molecule has 4 aromatic carbocycles. The van der Waals surface area contributed by atoms with E-state index in [-0.39, 0.29) is 13.0 Å². The van der Waals surface area contributed by atoms with Gasteiger partial charge in [0.2, 0.25) is 0 Å². The van der Waals surface area contributed by atoms with Crippen molar-refractivity contribution >= 4 is 22.7 Å². The second-order valence-corrected chi connectivity index (χ2v) is 11.1. The average Bonchev–Trinajstić information content (AvgIpc) is 3.12. The first-order valence-electron chi connectivity index (χ1n) is 17.1. The SMILES string of the molecule is C.CC.CC.CC1=CCCC=C1.CCC(N)(CC)c1ccccc1-c1ccc(CCc2ccccc2)c2c1Nc1ccccc1N2. The van der Waals surface area contributed by atoms with E-state index < -0.39 is 0 Å². The molecule has 6 rings (SSSR count). The molecule has 0 radical (unpaired) electrons. The van der Waals surface area contributed by atoms with Crippen molar-refractivity contribution in [2.45, 2.75) is 100.0 Å².